The van der Waals surface area contributed by atoms with Crippen molar-refractivity contribution in [2.45, 2.75) is 52.6 Å². The van der Waals surface area contributed by atoms with Crippen molar-refractivity contribution >= 4 is 27.4 Å². The van der Waals surface area contributed by atoms with E-state index in [1.54, 1.807) is 11.3 Å². The standard InChI is InChI=1S/C16H25N3OS/c1-6-11-10-12-13(17-5)18-15(19-14(12)21-11)16(7-2,8-3)20-9-4/h10H,6-9H2,1-5H3,(H,17,18,19). The lowest BCUT2D eigenvalue weighted by atomic mass is 9.96. The van der Waals surface area contributed by atoms with E-state index in [0.717, 1.165) is 41.1 Å². The summed E-state index contributed by atoms with van der Waals surface area (Å²) >= 11 is 1.75. The maximum atomic E-state index is 6.05. The van der Waals surface area contributed by atoms with Gasteiger partial charge < -0.3 is 10.1 Å². The summed E-state index contributed by atoms with van der Waals surface area (Å²) in [6.07, 6.45) is 2.77. The molecule has 0 atom stereocenters. The number of ether oxygens (including phenoxy) is 1. The van der Waals surface area contributed by atoms with E-state index in [9.17, 15) is 0 Å². The molecule has 2 rings (SSSR count). The van der Waals surface area contributed by atoms with Crippen LogP contribution in [0.3, 0.4) is 0 Å². The fraction of sp³-hybridized carbons (Fsp3) is 0.625. The van der Waals surface area contributed by atoms with Gasteiger partial charge in [0.2, 0.25) is 0 Å². The summed E-state index contributed by atoms with van der Waals surface area (Å²) in [7, 11) is 1.91. The highest BCUT2D eigenvalue weighted by molar-refractivity contribution is 7.18. The number of aromatic nitrogens is 2. The molecule has 0 aliphatic heterocycles. The molecule has 0 fully saturated rings. The molecule has 0 aromatic carbocycles. The van der Waals surface area contributed by atoms with Crippen molar-refractivity contribution in [1.82, 2.24) is 9.97 Å². The third kappa shape index (κ3) is 2.90. The van der Waals surface area contributed by atoms with Gasteiger partial charge in [-0.15, -0.1) is 11.3 Å². The zero-order chi connectivity index (χ0) is 15.5. The molecule has 0 spiro atoms. The highest BCUT2D eigenvalue weighted by Crippen LogP contribution is 2.35. The van der Waals surface area contributed by atoms with Crippen molar-refractivity contribution in [1.29, 1.82) is 0 Å². The molecule has 0 radical (unpaired) electrons. The van der Waals surface area contributed by atoms with E-state index >= 15 is 0 Å². The zero-order valence-electron chi connectivity index (χ0n) is 13.6. The van der Waals surface area contributed by atoms with Crippen LogP contribution in [-0.4, -0.2) is 23.6 Å². The van der Waals surface area contributed by atoms with E-state index in [0.29, 0.717) is 6.61 Å². The monoisotopic (exact) mass is 307 g/mol. The van der Waals surface area contributed by atoms with Gasteiger partial charge in [0, 0.05) is 18.5 Å². The molecule has 5 heteroatoms. The van der Waals surface area contributed by atoms with E-state index in [2.05, 4.69) is 32.2 Å². The van der Waals surface area contributed by atoms with E-state index < -0.39 is 0 Å². The molecule has 0 saturated heterocycles. The van der Waals surface area contributed by atoms with Crippen molar-refractivity contribution in [3.05, 3.63) is 16.8 Å². The number of nitrogens with zero attached hydrogens (tertiary/aromatic N) is 2. The number of anilines is 1. The lowest BCUT2D eigenvalue weighted by Crippen LogP contribution is -2.31. The van der Waals surface area contributed by atoms with Crippen LogP contribution in [0.1, 0.15) is 51.2 Å². The van der Waals surface area contributed by atoms with Gasteiger partial charge in [-0.2, -0.15) is 0 Å². The second-order valence-corrected chi connectivity index (χ2v) is 6.18. The average molecular weight is 307 g/mol. The number of rotatable bonds is 7. The lowest BCUT2D eigenvalue weighted by Gasteiger charge is -2.30. The third-order valence-electron chi connectivity index (χ3n) is 4.00. The SMILES string of the molecule is CCOC(CC)(CC)c1nc(NC)c2cc(CC)sc2n1. The second kappa shape index (κ2) is 6.71. The Bertz CT molecular complexity index is 605. The van der Waals surface area contributed by atoms with Crippen LogP contribution in [0.5, 0.6) is 0 Å². The first-order chi connectivity index (χ1) is 10.1. The molecular weight excluding hydrogens is 282 g/mol. The minimum Gasteiger partial charge on any atom is -0.372 e. The predicted molar refractivity (Wildman–Crippen MR) is 90.2 cm³/mol. The number of thiophene rings is 1. The average Bonchev–Trinajstić information content (AvgIpc) is 2.95. The smallest absolute Gasteiger partial charge is 0.164 e. The Balaban J connectivity index is 2.62. The summed E-state index contributed by atoms with van der Waals surface area (Å²) in [6, 6.07) is 2.19. The first kappa shape index (κ1) is 16.2. The highest BCUT2D eigenvalue weighted by atomic mass is 32.1. The molecule has 2 aromatic heterocycles. The van der Waals surface area contributed by atoms with Gasteiger partial charge >= 0.3 is 0 Å². The van der Waals surface area contributed by atoms with Crippen molar-refractivity contribution < 1.29 is 4.74 Å². The van der Waals surface area contributed by atoms with Crippen LogP contribution < -0.4 is 5.32 Å². The van der Waals surface area contributed by atoms with Gasteiger partial charge in [-0.05, 0) is 32.3 Å². The molecule has 0 unspecified atom stereocenters. The lowest BCUT2D eigenvalue weighted by molar-refractivity contribution is -0.0567. The van der Waals surface area contributed by atoms with Crippen LogP contribution in [0.15, 0.2) is 6.07 Å². The molecule has 116 valence electrons. The van der Waals surface area contributed by atoms with Gasteiger partial charge in [-0.1, -0.05) is 20.8 Å². The van der Waals surface area contributed by atoms with Crippen LogP contribution in [-0.2, 0) is 16.8 Å². The number of fused-ring (bicyclic) bond motifs is 1. The molecule has 0 saturated carbocycles. The van der Waals surface area contributed by atoms with Crippen LogP contribution in [0.25, 0.3) is 10.2 Å². The second-order valence-electron chi connectivity index (χ2n) is 5.07. The Morgan fingerprint density at radius 1 is 1.19 bits per heavy atom. The fourth-order valence-corrected chi connectivity index (χ4v) is 3.62. The van der Waals surface area contributed by atoms with E-state index in [1.807, 2.05) is 14.0 Å². The van der Waals surface area contributed by atoms with Crippen molar-refractivity contribution in [3.8, 4) is 0 Å². The molecule has 0 aliphatic carbocycles. The molecular formula is C16H25N3OS. The highest BCUT2D eigenvalue weighted by Gasteiger charge is 2.33. The Labute approximate surface area is 131 Å². The topological polar surface area (TPSA) is 47.0 Å². The fourth-order valence-electron chi connectivity index (χ4n) is 2.65. The maximum absolute atomic E-state index is 6.05. The van der Waals surface area contributed by atoms with E-state index in [-0.39, 0.29) is 5.60 Å². The quantitative estimate of drug-likeness (QED) is 0.826. The summed E-state index contributed by atoms with van der Waals surface area (Å²) in [5, 5.41) is 4.32. The first-order valence-electron chi connectivity index (χ1n) is 7.76. The van der Waals surface area contributed by atoms with Crippen LogP contribution >= 0.6 is 11.3 Å². The summed E-state index contributed by atoms with van der Waals surface area (Å²) in [4.78, 5) is 12.0. The predicted octanol–water partition coefficient (Wildman–Crippen LogP) is 4.35. The molecule has 21 heavy (non-hydrogen) atoms. The minimum atomic E-state index is -0.384. The van der Waals surface area contributed by atoms with Gasteiger partial charge in [-0.3, -0.25) is 0 Å². The number of aryl methyl sites for hydroxylation is 1. The van der Waals surface area contributed by atoms with Crippen LogP contribution in [0.2, 0.25) is 0 Å². The summed E-state index contributed by atoms with van der Waals surface area (Å²) in [5.74, 6) is 1.70. The maximum Gasteiger partial charge on any atom is 0.164 e. The summed E-state index contributed by atoms with van der Waals surface area (Å²) in [6.45, 7) is 9.14. The van der Waals surface area contributed by atoms with Gasteiger partial charge in [0.25, 0.3) is 0 Å². The van der Waals surface area contributed by atoms with Gasteiger partial charge in [0.1, 0.15) is 16.2 Å². The Morgan fingerprint density at radius 3 is 2.43 bits per heavy atom. The molecule has 0 amide bonds. The summed E-state index contributed by atoms with van der Waals surface area (Å²) < 4.78 is 6.05. The molecule has 4 nitrogen and oxygen atoms in total. The third-order valence-corrected chi connectivity index (χ3v) is 5.17. The van der Waals surface area contributed by atoms with E-state index in [4.69, 9.17) is 14.7 Å². The zero-order valence-corrected chi connectivity index (χ0v) is 14.4. The number of nitrogens with one attached hydrogen (secondary N) is 1. The molecule has 2 heterocycles. The van der Waals surface area contributed by atoms with Crippen LogP contribution in [0.4, 0.5) is 5.82 Å². The van der Waals surface area contributed by atoms with Crippen LogP contribution in [0, 0.1) is 0 Å². The minimum absolute atomic E-state index is 0.384. The largest absolute Gasteiger partial charge is 0.372 e. The van der Waals surface area contributed by atoms with Crippen molar-refractivity contribution in [2.24, 2.45) is 0 Å². The molecule has 0 bridgehead atoms. The first-order valence-corrected chi connectivity index (χ1v) is 8.58. The van der Waals surface area contributed by atoms with Gasteiger partial charge in [-0.25, -0.2) is 9.97 Å². The van der Waals surface area contributed by atoms with Crippen molar-refractivity contribution in [2.75, 3.05) is 19.0 Å². The number of hydrogen-bond donors (Lipinski definition) is 1. The van der Waals surface area contributed by atoms with E-state index in [1.165, 1.54) is 4.88 Å². The van der Waals surface area contributed by atoms with Crippen molar-refractivity contribution in [3.63, 3.8) is 0 Å². The summed E-state index contributed by atoms with van der Waals surface area (Å²) in [5.41, 5.74) is -0.384. The van der Waals surface area contributed by atoms with Gasteiger partial charge in [0.15, 0.2) is 5.82 Å². The Kier molecular flexibility index (Phi) is 5.17. The Hall–Kier alpha value is -1.20. The van der Waals surface area contributed by atoms with Gasteiger partial charge in [0.05, 0.1) is 5.39 Å². The molecule has 1 N–H and O–H groups in total. The molecule has 2 aromatic rings. The number of hydrogen-bond acceptors (Lipinski definition) is 5. The molecule has 0 aliphatic rings. The normalized spacial score (nSPS) is 12.0. The Morgan fingerprint density at radius 2 is 1.90 bits per heavy atom.